The molecule has 0 spiro atoms. The molecule has 0 heterocycles. The fourth-order valence-corrected chi connectivity index (χ4v) is 3.11. The molecule has 0 bridgehead atoms. The minimum absolute atomic E-state index is 0.291. The number of rotatable bonds is 8. The first kappa shape index (κ1) is 15.3. The summed E-state index contributed by atoms with van der Waals surface area (Å²) in [7, 11) is -1.83. The van der Waals surface area contributed by atoms with Crippen LogP contribution in [0.25, 0.3) is 0 Å². The number of methoxy groups -OCH3 is 1. The first-order chi connectivity index (χ1) is 9.56. The van der Waals surface area contributed by atoms with Crippen LogP contribution in [0.4, 0.5) is 0 Å². The minimum atomic E-state index is -3.43. The molecule has 0 unspecified atom stereocenters. The molecule has 1 fully saturated rings. The van der Waals surface area contributed by atoms with Gasteiger partial charge in [-0.05, 0) is 37.5 Å². The van der Waals surface area contributed by atoms with Crippen LogP contribution in [0.1, 0.15) is 31.7 Å². The Morgan fingerprint density at radius 3 is 2.70 bits per heavy atom. The fraction of sp³-hybridized carbons (Fsp3) is 0.571. The Hall–Kier alpha value is -1.11. The van der Waals surface area contributed by atoms with E-state index in [0.717, 1.165) is 12.0 Å². The van der Waals surface area contributed by atoms with Gasteiger partial charge in [-0.25, -0.2) is 13.1 Å². The predicted molar refractivity (Wildman–Crippen MR) is 78.3 cm³/mol. The Kier molecular flexibility index (Phi) is 5.01. The van der Waals surface area contributed by atoms with Gasteiger partial charge in [0.25, 0.3) is 0 Å². The zero-order chi connectivity index (χ0) is 14.6. The van der Waals surface area contributed by atoms with E-state index >= 15 is 0 Å². The van der Waals surface area contributed by atoms with Gasteiger partial charge in [0, 0.05) is 24.7 Å². The molecule has 0 aromatic heterocycles. The summed E-state index contributed by atoms with van der Waals surface area (Å²) in [6.45, 7) is 3.01. The van der Waals surface area contributed by atoms with Gasteiger partial charge in [-0.15, -0.1) is 0 Å². The van der Waals surface area contributed by atoms with Gasteiger partial charge in [0.15, 0.2) is 0 Å². The van der Waals surface area contributed by atoms with Crippen LogP contribution in [0.2, 0.25) is 0 Å². The Balaban J connectivity index is 2.18. The van der Waals surface area contributed by atoms with Crippen molar-refractivity contribution in [3.63, 3.8) is 0 Å². The lowest BCUT2D eigenvalue weighted by Crippen LogP contribution is -2.24. The molecule has 0 saturated heterocycles. The third-order valence-electron chi connectivity index (χ3n) is 3.26. The average Bonchev–Trinajstić information content (AvgIpc) is 3.26. The van der Waals surface area contributed by atoms with E-state index in [1.165, 1.54) is 12.8 Å². The molecule has 1 aromatic rings. The number of hydrogen-bond acceptors (Lipinski definition) is 4. The summed E-state index contributed by atoms with van der Waals surface area (Å²) in [6, 6.07) is 5.55. The van der Waals surface area contributed by atoms with Crippen LogP contribution >= 0.6 is 0 Å². The molecule has 1 aliphatic carbocycles. The van der Waals surface area contributed by atoms with Crippen LogP contribution in [0.15, 0.2) is 23.1 Å². The molecule has 20 heavy (non-hydrogen) atoms. The third-order valence-corrected chi connectivity index (χ3v) is 4.72. The Morgan fingerprint density at radius 1 is 1.35 bits per heavy atom. The van der Waals surface area contributed by atoms with Gasteiger partial charge in [-0.3, -0.25) is 0 Å². The smallest absolute Gasteiger partial charge is 0.240 e. The van der Waals surface area contributed by atoms with Crippen molar-refractivity contribution in [3.05, 3.63) is 23.8 Å². The molecule has 0 radical (unpaired) electrons. The number of hydrogen-bond donors (Lipinski definition) is 2. The highest BCUT2D eigenvalue weighted by Crippen LogP contribution is 2.25. The van der Waals surface area contributed by atoms with Crippen molar-refractivity contribution in [2.45, 2.75) is 43.7 Å². The van der Waals surface area contributed by atoms with Crippen molar-refractivity contribution in [2.75, 3.05) is 13.7 Å². The van der Waals surface area contributed by atoms with Crippen LogP contribution in [-0.2, 0) is 16.6 Å². The molecule has 1 aliphatic rings. The molecule has 5 nitrogen and oxygen atoms in total. The normalized spacial score (nSPS) is 15.3. The quantitative estimate of drug-likeness (QED) is 0.765. The molecule has 0 amide bonds. The minimum Gasteiger partial charge on any atom is -0.496 e. The van der Waals surface area contributed by atoms with E-state index in [0.29, 0.717) is 29.8 Å². The molecule has 1 aromatic carbocycles. The number of sulfonamides is 1. The van der Waals surface area contributed by atoms with Crippen molar-refractivity contribution in [1.82, 2.24) is 10.0 Å². The third kappa shape index (κ3) is 3.94. The van der Waals surface area contributed by atoms with Crippen molar-refractivity contribution >= 4 is 10.0 Å². The highest BCUT2D eigenvalue weighted by Gasteiger charge is 2.21. The second-order valence-electron chi connectivity index (χ2n) is 5.03. The maximum Gasteiger partial charge on any atom is 0.240 e. The van der Waals surface area contributed by atoms with Crippen LogP contribution in [-0.4, -0.2) is 28.1 Å². The highest BCUT2D eigenvalue weighted by molar-refractivity contribution is 7.89. The summed E-state index contributed by atoms with van der Waals surface area (Å²) >= 11 is 0. The van der Waals surface area contributed by atoms with Gasteiger partial charge in [-0.2, -0.15) is 0 Å². The van der Waals surface area contributed by atoms with Gasteiger partial charge in [0.1, 0.15) is 5.75 Å². The molecular weight excluding hydrogens is 276 g/mol. The van der Waals surface area contributed by atoms with Crippen molar-refractivity contribution in [2.24, 2.45) is 0 Å². The van der Waals surface area contributed by atoms with Crippen LogP contribution in [0.5, 0.6) is 5.75 Å². The van der Waals surface area contributed by atoms with E-state index in [9.17, 15) is 8.42 Å². The van der Waals surface area contributed by atoms with Gasteiger partial charge in [-0.1, -0.05) is 6.92 Å². The summed E-state index contributed by atoms with van der Waals surface area (Å²) < 4.78 is 32.1. The molecular formula is C14H22N2O3S. The number of ether oxygens (including phenoxy) is 1. The number of nitrogens with one attached hydrogen (secondary N) is 2. The zero-order valence-electron chi connectivity index (χ0n) is 12.0. The fourth-order valence-electron chi connectivity index (χ4n) is 1.92. The van der Waals surface area contributed by atoms with Crippen LogP contribution in [0.3, 0.4) is 0 Å². The summed E-state index contributed by atoms with van der Waals surface area (Å²) in [4.78, 5) is 0.291. The largest absolute Gasteiger partial charge is 0.496 e. The molecule has 0 atom stereocenters. The van der Waals surface area contributed by atoms with Crippen molar-refractivity contribution in [3.8, 4) is 5.75 Å². The predicted octanol–water partition coefficient (Wildman–Crippen LogP) is 1.64. The summed E-state index contributed by atoms with van der Waals surface area (Å²) in [5.41, 5.74) is 0.874. The van der Waals surface area contributed by atoms with E-state index in [2.05, 4.69) is 10.0 Å². The first-order valence-corrected chi connectivity index (χ1v) is 8.45. The summed E-state index contributed by atoms with van der Waals surface area (Å²) in [6.07, 6.45) is 3.15. The highest BCUT2D eigenvalue weighted by atomic mass is 32.2. The van der Waals surface area contributed by atoms with E-state index in [1.54, 1.807) is 25.3 Å². The second kappa shape index (κ2) is 6.56. The lowest BCUT2D eigenvalue weighted by Gasteiger charge is -2.12. The molecule has 1 saturated carbocycles. The van der Waals surface area contributed by atoms with Crippen molar-refractivity contribution < 1.29 is 13.2 Å². The Labute approximate surface area is 120 Å². The molecule has 6 heteroatoms. The lowest BCUT2D eigenvalue weighted by atomic mass is 10.2. The van der Waals surface area contributed by atoms with E-state index in [1.807, 2.05) is 6.92 Å². The first-order valence-electron chi connectivity index (χ1n) is 6.96. The summed E-state index contributed by atoms with van der Waals surface area (Å²) in [5.74, 6) is 0.715. The monoisotopic (exact) mass is 298 g/mol. The molecule has 2 rings (SSSR count). The van der Waals surface area contributed by atoms with Crippen molar-refractivity contribution in [1.29, 1.82) is 0 Å². The standard InChI is InChI=1S/C14H22N2O3S/c1-3-8-16-20(17,18)13-6-7-14(19-2)11(9-13)10-15-12-4-5-12/h6-7,9,12,15-16H,3-5,8,10H2,1-2H3. The molecule has 112 valence electrons. The van der Waals surface area contributed by atoms with Crippen LogP contribution in [0, 0.1) is 0 Å². The average molecular weight is 298 g/mol. The van der Waals surface area contributed by atoms with Gasteiger partial charge >= 0.3 is 0 Å². The second-order valence-corrected chi connectivity index (χ2v) is 6.79. The molecule has 2 N–H and O–H groups in total. The SMILES string of the molecule is CCCNS(=O)(=O)c1ccc(OC)c(CNC2CC2)c1. The van der Waals surface area contributed by atoms with Gasteiger partial charge in [0.2, 0.25) is 10.0 Å². The maximum atomic E-state index is 12.1. The lowest BCUT2D eigenvalue weighted by molar-refractivity contribution is 0.407. The Bertz CT molecular complexity index is 554. The molecule has 0 aliphatic heterocycles. The number of benzene rings is 1. The van der Waals surface area contributed by atoms with E-state index < -0.39 is 10.0 Å². The van der Waals surface area contributed by atoms with E-state index in [4.69, 9.17) is 4.74 Å². The topological polar surface area (TPSA) is 67.4 Å². The summed E-state index contributed by atoms with van der Waals surface area (Å²) in [5, 5.41) is 3.37. The van der Waals surface area contributed by atoms with E-state index in [-0.39, 0.29) is 0 Å². The Morgan fingerprint density at radius 2 is 2.10 bits per heavy atom. The van der Waals surface area contributed by atoms with Crippen LogP contribution < -0.4 is 14.8 Å². The zero-order valence-corrected chi connectivity index (χ0v) is 12.8. The van der Waals surface area contributed by atoms with Gasteiger partial charge < -0.3 is 10.1 Å². The van der Waals surface area contributed by atoms with Gasteiger partial charge in [0.05, 0.1) is 12.0 Å². The maximum absolute atomic E-state index is 12.1.